The zero-order valence-electron chi connectivity index (χ0n) is 34.8. The van der Waals surface area contributed by atoms with Gasteiger partial charge in [-0.2, -0.15) is 5.10 Å². The number of carbonyl (C=O) groups is 1. The first kappa shape index (κ1) is 43.5. The van der Waals surface area contributed by atoms with Gasteiger partial charge in [0.05, 0.1) is 52.0 Å². The maximum atomic E-state index is 13.8. The summed E-state index contributed by atoms with van der Waals surface area (Å²) in [4.78, 5) is 18.6. The molecule has 0 saturated carbocycles. The number of hydrogen-bond acceptors (Lipinski definition) is 10. The quantitative estimate of drug-likeness (QED) is 0.0774. The van der Waals surface area contributed by atoms with E-state index >= 15 is 0 Å². The number of benzene rings is 6. The molecule has 0 N–H and O–H groups in total. The number of nitrogens with zero attached hydrogens (tertiary/aromatic N) is 3. The van der Waals surface area contributed by atoms with Gasteiger partial charge in [-0.25, -0.2) is 4.98 Å². The minimum Gasteiger partial charge on any atom is -0.468 e. The predicted molar refractivity (Wildman–Crippen MR) is 239 cm³/mol. The normalized spacial score (nSPS) is 19.0. The number of hydrogen-bond donors (Lipinski definition) is 0. The lowest BCUT2D eigenvalue weighted by atomic mass is 9.88. The molecule has 1 aliphatic heterocycles. The van der Waals surface area contributed by atoms with Gasteiger partial charge in [0, 0.05) is 10.6 Å². The van der Waals surface area contributed by atoms with E-state index < -0.39 is 42.4 Å². The second kappa shape index (κ2) is 21.8. The van der Waals surface area contributed by atoms with E-state index in [1.165, 1.54) is 7.11 Å². The maximum Gasteiger partial charge on any atom is 0.321 e. The molecule has 0 spiro atoms. The Balaban J connectivity index is 1.21. The van der Waals surface area contributed by atoms with Crippen LogP contribution in [0.1, 0.15) is 51.2 Å². The average Bonchev–Trinajstić information content (AvgIpc) is 3.34. The van der Waals surface area contributed by atoms with E-state index in [1.54, 1.807) is 12.3 Å². The van der Waals surface area contributed by atoms with Gasteiger partial charge >= 0.3 is 5.97 Å². The molecule has 6 aromatic carbocycles. The van der Waals surface area contributed by atoms with E-state index in [2.05, 4.69) is 10.2 Å². The van der Waals surface area contributed by atoms with Gasteiger partial charge in [-0.05, 0) is 39.4 Å². The fourth-order valence-electron chi connectivity index (χ4n) is 7.70. The van der Waals surface area contributed by atoms with E-state index in [-0.39, 0.29) is 25.6 Å². The number of halogens is 1. The molecule has 1 fully saturated rings. The Kier molecular flexibility index (Phi) is 15.1. The summed E-state index contributed by atoms with van der Waals surface area (Å²) in [6.45, 7) is 1.38. The van der Waals surface area contributed by atoms with Crippen LogP contribution in [0.25, 0.3) is 11.3 Å². The Morgan fingerprint density at radius 2 is 1.14 bits per heavy atom. The first-order chi connectivity index (χ1) is 31.0. The molecule has 0 amide bonds. The molecule has 6 atom stereocenters. The third-order valence-corrected chi connectivity index (χ3v) is 11.2. The van der Waals surface area contributed by atoms with Crippen molar-refractivity contribution in [2.75, 3.05) is 13.7 Å². The van der Waals surface area contributed by atoms with Crippen LogP contribution in [0, 0.1) is 0 Å². The minimum absolute atomic E-state index is 0.134. The molecule has 1 aliphatic rings. The topological polar surface area (TPSA) is 111 Å². The van der Waals surface area contributed by atoms with Gasteiger partial charge in [-0.1, -0.05) is 175 Å². The predicted octanol–water partition coefficient (Wildman–Crippen LogP) is 9.91. The van der Waals surface area contributed by atoms with Crippen molar-refractivity contribution in [3.05, 3.63) is 220 Å². The zero-order valence-corrected chi connectivity index (χ0v) is 35.6. The lowest BCUT2D eigenvalue weighted by Crippen LogP contribution is -2.58. The van der Waals surface area contributed by atoms with E-state index in [1.807, 2.05) is 164 Å². The van der Waals surface area contributed by atoms with Crippen LogP contribution in [0.3, 0.4) is 0 Å². The number of aromatic nitrogens is 3. The maximum absolute atomic E-state index is 13.8. The number of esters is 1. The molecule has 1 aromatic heterocycles. The van der Waals surface area contributed by atoms with Gasteiger partial charge in [0.25, 0.3) is 0 Å². The summed E-state index contributed by atoms with van der Waals surface area (Å²) in [6.07, 6.45) is -1.89. The minimum atomic E-state index is -1.12. The van der Waals surface area contributed by atoms with Gasteiger partial charge in [-0.15, -0.1) is 5.10 Å². The SMILES string of the molecule is COC(=O)C(c1nncc(-c2ccccc2)n1)c1cc(C2OC(COCc3ccccc3)C(OCc3ccccc3)C(OCc3ccccc3)C2OCc2ccccc2)ccc1Cl. The van der Waals surface area contributed by atoms with Crippen molar-refractivity contribution in [1.82, 2.24) is 15.2 Å². The van der Waals surface area contributed by atoms with Crippen molar-refractivity contribution >= 4 is 17.6 Å². The summed E-state index contributed by atoms with van der Waals surface area (Å²) >= 11 is 7.02. The van der Waals surface area contributed by atoms with Gasteiger partial charge < -0.3 is 28.4 Å². The van der Waals surface area contributed by atoms with Crippen LogP contribution < -0.4 is 0 Å². The summed E-state index contributed by atoms with van der Waals surface area (Å²) in [5, 5.41) is 8.89. The van der Waals surface area contributed by atoms with Crippen molar-refractivity contribution in [2.24, 2.45) is 0 Å². The molecule has 10 nitrogen and oxygen atoms in total. The van der Waals surface area contributed by atoms with Crippen LogP contribution in [0.5, 0.6) is 0 Å². The lowest BCUT2D eigenvalue weighted by molar-refractivity contribution is -0.275. The highest BCUT2D eigenvalue weighted by Gasteiger charge is 2.49. The van der Waals surface area contributed by atoms with Gasteiger partial charge in [0.1, 0.15) is 36.4 Å². The lowest BCUT2D eigenvalue weighted by Gasteiger charge is -2.46. The Hall–Kier alpha value is -6.11. The van der Waals surface area contributed by atoms with Crippen molar-refractivity contribution in [1.29, 1.82) is 0 Å². The second-order valence-corrected chi connectivity index (χ2v) is 15.6. The number of ether oxygens (including phenoxy) is 6. The number of rotatable bonds is 18. The number of carbonyl (C=O) groups excluding carboxylic acids is 1. The highest BCUT2D eigenvalue weighted by molar-refractivity contribution is 6.31. The summed E-state index contributed by atoms with van der Waals surface area (Å²) < 4.78 is 39.8. The van der Waals surface area contributed by atoms with Crippen molar-refractivity contribution in [3.63, 3.8) is 0 Å². The molecular weight excluding hydrogens is 814 g/mol. The van der Waals surface area contributed by atoms with E-state index in [4.69, 9.17) is 45.0 Å². The van der Waals surface area contributed by atoms with Crippen molar-refractivity contribution in [2.45, 2.75) is 62.9 Å². The summed E-state index contributed by atoms with van der Waals surface area (Å²) in [5.74, 6) is -1.59. The molecule has 7 aromatic rings. The van der Waals surface area contributed by atoms with Gasteiger partial charge in [-0.3, -0.25) is 4.79 Å². The summed E-state index contributed by atoms with van der Waals surface area (Å²) in [5.41, 5.74) is 6.44. The van der Waals surface area contributed by atoms with Crippen LogP contribution in [0.15, 0.2) is 176 Å². The third-order valence-electron chi connectivity index (χ3n) is 10.9. The molecule has 1 saturated heterocycles. The highest BCUT2D eigenvalue weighted by atomic mass is 35.5. The van der Waals surface area contributed by atoms with Crippen molar-refractivity contribution in [3.8, 4) is 11.3 Å². The van der Waals surface area contributed by atoms with Crippen LogP contribution >= 0.6 is 11.6 Å². The Morgan fingerprint density at radius 1 is 0.635 bits per heavy atom. The van der Waals surface area contributed by atoms with Crippen molar-refractivity contribution < 1.29 is 33.2 Å². The Bertz CT molecular complexity index is 2490. The Morgan fingerprint density at radius 3 is 1.70 bits per heavy atom. The molecule has 0 aliphatic carbocycles. The summed E-state index contributed by atoms with van der Waals surface area (Å²) in [6, 6.07) is 55.0. The van der Waals surface area contributed by atoms with Crippen LogP contribution in [-0.4, -0.2) is 59.3 Å². The van der Waals surface area contributed by atoms with E-state index in [0.717, 1.165) is 27.8 Å². The molecule has 0 bridgehead atoms. The average molecular weight is 862 g/mol. The summed E-state index contributed by atoms with van der Waals surface area (Å²) in [7, 11) is 1.32. The molecule has 8 rings (SSSR count). The van der Waals surface area contributed by atoms with Crippen LogP contribution in [-0.2, 0) is 59.6 Å². The monoisotopic (exact) mass is 861 g/mol. The molecular formula is C52H48ClN3O7. The molecule has 2 heterocycles. The molecule has 0 radical (unpaired) electrons. The Labute approximate surface area is 372 Å². The zero-order chi connectivity index (χ0) is 43.2. The molecule has 63 heavy (non-hydrogen) atoms. The fraction of sp³-hybridized carbons (Fsp3) is 0.231. The number of methoxy groups -OCH3 is 1. The molecule has 6 unspecified atom stereocenters. The van der Waals surface area contributed by atoms with E-state index in [9.17, 15) is 4.79 Å². The smallest absolute Gasteiger partial charge is 0.321 e. The third kappa shape index (κ3) is 11.3. The van der Waals surface area contributed by atoms with Gasteiger partial charge in [0.2, 0.25) is 0 Å². The van der Waals surface area contributed by atoms with Crippen LogP contribution in [0.4, 0.5) is 0 Å². The first-order valence-electron chi connectivity index (χ1n) is 20.9. The molecule has 320 valence electrons. The van der Waals surface area contributed by atoms with Crippen LogP contribution in [0.2, 0.25) is 5.02 Å². The van der Waals surface area contributed by atoms with Gasteiger partial charge in [0.15, 0.2) is 5.82 Å². The first-order valence-corrected chi connectivity index (χ1v) is 21.3. The highest BCUT2D eigenvalue weighted by Crippen LogP contribution is 2.41. The standard InChI is InChI=1S/C52H48ClN3O7/c1-58-52(57)46(51-55-44(30-54-56-51)40-25-15-6-16-26-40)42-29-41(27-28-43(42)53)47-49(61-33-38-21-11-4-12-22-38)50(62-34-39-23-13-5-14-24-39)48(60-32-37-19-9-3-10-20-37)45(63-47)35-59-31-36-17-7-2-8-18-36/h2-30,45-50H,31-35H2,1H3. The van der Waals surface area contributed by atoms with E-state index in [0.29, 0.717) is 35.1 Å². The molecule has 11 heteroatoms. The second-order valence-electron chi connectivity index (χ2n) is 15.2. The largest absolute Gasteiger partial charge is 0.468 e. The fourth-order valence-corrected chi connectivity index (χ4v) is 7.92.